The zero-order chi connectivity index (χ0) is 15.1. The number of aliphatic carboxylic acids is 1. The molecule has 0 aliphatic heterocycles. The third-order valence-corrected chi connectivity index (χ3v) is 3.36. The van der Waals surface area contributed by atoms with Gasteiger partial charge < -0.3 is 9.84 Å². The molecule has 0 aliphatic carbocycles. The number of carboxylic acid groups (broad SMARTS) is 1. The molecule has 0 bridgehead atoms. The maximum absolute atomic E-state index is 11.0. The minimum Gasteiger partial charge on any atom is -0.493 e. The lowest BCUT2D eigenvalue weighted by Crippen LogP contribution is -2.01. The van der Waals surface area contributed by atoms with Crippen molar-refractivity contribution < 1.29 is 14.6 Å². The van der Waals surface area contributed by atoms with E-state index in [1.807, 2.05) is 26.0 Å². The molecule has 0 atom stereocenters. The molecule has 1 aromatic rings. The maximum Gasteiger partial charge on any atom is 0.328 e. The van der Waals surface area contributed by atoms with Crippen LogP contribution in [0.2, 0.25) is 0 Å². The average molecular weight is 276 g/mol. The fourth-order valence-corrected chi connectivity index (χ4v) is 2.22. The summed E-state index contributed by atoms with van der Waals surface area (Å²) in [6.07, 6.45) is 3.98. The van der Waals surface area contributed by atoms with Crippen LogP contribution in [0.5, 0.6) is 5.75 Å². The molecule has 0 aliphatic rings. The van der Waals surface area contributed by atoms with Gasteiger partial charge in [-0.25, -0.2) is 4.79 Å². The summed E-state index contributed by atoms with van der Waals surface area (Å²) in [4.78, 5) is 11.0. The van der Waals surface area contributed by atoms with E-state index in [4.69, 9.17) is 9.84 Å². The Morgan fingerprint density at radius 1 is 1.20 bits per heavy atom. The van der Waals surface area contributed by atoms with Gasteiger partial charge in [0, 0.05) is 6.08 Å². The summed E-state index contributed by atoms with van der Waals surface area (Å²) in [5.41, 5.74) is 4.07. The number of carbonyl (C=O) groups is 1. The number of rotatable bonds is 7. The van der Waals surface area contributed by atoms with Crippen molar-refractivity contribution in [1.29, 1.82) is 0 Å². The van der Waals surface area contributed by atoms with E-state index in [9.17, 15) is 4.79 Å². The molecule has 1 aromatic carbocycles. The van der Waals surface area contributed by atoms with E-state index in [0.717, 1.165) is 47.3 Å². The molecule has 0 saturated heterocycles. The molecule has 0 amide bonds. The van der Waals surface area contributed by atoms with Gasteiger partial charge in [-0.05, 0) is 55.0 Å². The second kappa shape index (κ2) is 7.73. The van der Waals surface area contributed by atoms with Crippen molar-refractivity contribution >= 4 is 11.5 Å². The summed E-state index contributed by atoms with van der Waals surface area (Å²) in [5, 5.41) is 9.00. The van der Waals surface area contributed by atoms with Gasteiger partial charge in [-0.1, -0.05) is 26.3 Å². The standard InChI is InChI=1S/C17H24O3/c1-5-7-14(11-17(18)19)15-8-9-16(20-10-6-2)13(4)12(15)3/h8-9,11H,5-7,10H2,1-4H3,(H,18,19)/b14-11+. The fraction of sp³-hybridized carbons (Fsp3) is 0.471. The van der Waals surface area contributed by atoms with Gasteiger partial charge in [-0.15, -0.1) is 0 Å². The average Bonchev–Trinajstić information content (AvgIpc) is 2.39. The molecule has 0 heterocycles. The second-order valence-electron chi connectivity index (χ2n) is 4.97. The highest BCUT2D eigenvalue weighted by atomic mass is 16.5. The lowest BCUT2D eigenvalue weighted by molar-refractivity contribution is -0.131. The molecule has 20 heavy (non-hydrogen) atoms. The third kappa shape index (κ3) is 4.12. The quantitative estimate of drug-likeness (QED) is 0.753. The van der Waals surface area contributed by atoms with Crippen molar-refractivity contribution in [1.82, 2.24) is 0 Å². The van der Waals surface area contributed by atoms with Crippen molar-refractivity contribution in [3.63, 3.8) is 0 Å². The maximum atomic E-state index is 11.0. The number of hydrogen-bond acceptors (Lipinski definition) is 2. The number of benzene rings is 1. The van der Waals surface area contributed by atoms with Crippen LogP contribution in [0.25, 0.3) is 5.57 Å². The van der Waals surface area contributed by atoms with Crippen LogP contribution in [-0.2, 0) is 4.79 Å². The van der Waals surface area contributed by atoms with E-state index in [1.54, 1.807) is 0 Å². The van der Waals surface area contributed by atoms with Crippen LogP contribution in [-0.4, -0.2) is 17.7 Å². The zero-order valence-electron chi connectivity index (χ0n) is 12.8. The molecule has 0 spiro atoms. The number of carboxylic acids is 1. The molecule has 0 unspecified atom stereocenters. The lowest BCUT2D eigenvalue weighted by atomic mass is 9.93. The summed E-state index contributed by atoms with van der Waals surface area (Å²) in [7, 11) is 0. The Hall–Kier alpha value is -1.77. The first-order chi connectivity index (χ1) is 9.51. The largest absolute Gasteiger partial charge is 0.493 e. The van der Waals surface area contributed by atoms with Crippen molar-refractivity contribution in [2.24, 2.45) is 0 Å². The van der Waals surface area contributed by atoms with Crippen molar-refractivity contribution in [2.45, 2.75) is 47.0 Å². The van der Waals surface area contributed by atoms with Crippen molar-refractivity contribution in [3.05, 3.63) is 34.9 Å². The SMILES string of the molecule is CCCOc1ccc(/C(=C/C(=O)O)CCC)c(C)c1C. The molecule has 0 radical (unpaired) electrons. The second-order valence-corrected chi connectivity index (χ2v) is 4.97. The van der Waals surface area contributed by atoms with E-state index in [-0.39, 0.29) is 0 Å². The molecule has 1 rings (SSSR count). The smallest absolute Gasteiger partial charge is 0.328 e. The Morgan fingerprint density at radius 2 is 1.90 bits per heavy atom. The van der Waals surface area contributed by atoms with Crippen molar-refractivity contribution in [2.75, 3.05) is 6.61 Å². The highest BCUT2D eigenvalue weighted by Crippen LogP contribution is 2.30. The monoisotopic (exact) mass is 276 g/mol. The first-order valence-corrected chi connectivity index (χ1v) is 7.18. The normalized spacial score (nSPS) is 11.5. The fourth-order valence-electron chi connectivity index (χ4n) is 2.22. The summed E-state index contributed by atoms with van der Waals surface area (Å²) in [5.74, 6) is -0.00362. The van der Waals surface area contributed by atoms with Gasteiger partial charge >= 0.3 is 5.97 Å². The van der Waals surface area contributed by atoms with Crippen molar-refractivity contribution in [3.8, 4) is 5.75 Å². The Balaban J connectivity index is 3.18. The summed E-state index contributed by atoms with van der Waals surface area (Å²) in [6, 6.07) is 3.91. The molecule has 110 valence electrons. The molecular weight excluding hydrogens is 252 g/mol. The van der Waals surface area contributed by atoms with E-state index in [1.165, 1.54) is 6.08 Å². The van der Waals surface area contributed by atoms with Crippen LogP contribution in [0.4, 0.5) is 0 Å². The summed E-state index contributed by atoms with van der Waals surface area (Å²) >= 11 is 0. The number of hydrogen-bond donors (Lipinski definition) is 1. The molecular formula is C17H24O3. The van der Waals surface area contributed by atoms with Gasteiger partial charge in [0.05, 0.1) is 6.61 Å². The van der Waals surface area contributed by atoms with E-state index >= 15 is 0 Å². The van der Waals surface area contributed by atoms with E-state index < -0.39 is 5.97 Å². The van der Waals surface area contributed by atoms with Gasteiger partial charge in [0.2, 0.25) is 0 Å². The third-order valence-electron chi connectivity index (χ3n) is 3.36. The highest BCUT2D eigenvalue weighted by Gasteiger charge is 2.11. The van der Waals surface area contributed by atoms with Crippen LogP contribution in [0.3, 0.4) is 0 Å². The molecule has 0 saturated carbocycles. The molecule has 3 nitrogen and oxygen atoms in total. The van der Waals surface area contributed by atoms with E-state index in [0.29, 0.717) is 6.61 Å². The predicted octanol–water partition coefficient (Wildman–Crippen LogP) is 4.36. The highest BCUT2D eigenvalue weighted by molar-refractivity contribution is 5.90. The topological polar surface area (TPSA) is 46.5 Å². The van der Waals surface area contributed by atoms with Crippen LogP contribution < -0.4 is 4.74 Å². The van der Waals surface area contributed by atoms with E-state index in [2.05, 4.69) is 13.8 Å². The Morgan fingerprint density at radius 3 is 2.45 bits per heavy atom. The summed E-state index contributed by atoms with van der Waals surface area (Å²) in [6.45, 7) is 8.87. The van der Waals surface area contributed by atoms with Crippen LogP contribution >= 0.6 is 0 Å². The van der Waals surface area contributed by atoms with Crippen LogP contribution in [0.15, 0.2) is 18.2 Å². The minimum absolute atomic E-state index is 0.701. The van der Waals surface area contributed by atoms with Crippen LogP contribution in [0, 0.1) is 13.8 Å². The molecule has 0 aromatic heterocycles. The molecule has 3 heteroatoms. The van der Waals surface area contributed by atoms with Gasteiger partial charge in [-0.3, -0.25) is 0 Å². The summed E-state index contributed by atoms with van der Waals surface area (Å²) < 4.78 is 5.71. The number of ether oxygens (including phenoxy) is 1. The molecule has 0 fully saturated rings. The Bertz CT molecular complexity index is 501. The first kappa shape index (κ1) is 16.3. The Kier molecular flexibility index (Phi) is 6.29. The lowest BCUT2D eigenvalue weighted by Gasteiger charge is -2.16. The van der Waals surface area contributed by atoms with Gasteiger partial charge in [0.25, 0.3) is 0 Å². The minimum atomic E-state index is -0.892. The van der Waals surface area contributed by atoms with Gasteiger partial charge in [-0.2, -0.15) is 0 Å². The zero-order valence-corrected chi connectivity index (χ0v) is 12.8. The molecule has 1 N–H and O–H groups in total. The van der Waals surface area contributed by atoms with Gasteiger partial charge in [0.15, 0.2) is 0 Å². The Labute approximate surface area is 121 Å². The first-order valence-electron chi connectivity index (χ1n) is 7.18. The van der Waals surface area contributed by atoms with Crippen LogP contribution in [0.1, 0.15) is 49.8 Å². The number of allylic oxidation sites excluding steroid dienone is 1. The predicted molar refractivity (Wildman–Crippen MR) is 82.2 cm³/mol. The van der Waals surface area contributed by atoms with Gasteiger partial charge in [0.1, 0.15) is 5.75 Å².